The van der Waals surface area contributed by atoms with Crippen LogP contribution in [0.1, 0.15) is 64.7 Å². The summed E-state index contributed by atoms with van der Waals surface area (Å²) < 4.78 is 5.44. The van der Waals surface area contributed by atoms with E-state index in [2.05, 4.69) is 18.8 Å². The summed E-state index contributed by atoms with van der Waals surface area (Å²) in [6.07, 6.45) is 12.6. The van der Waals surface area contributed by atoms with Crippen molar-refractivity contribution in [3.63, 3.8) is 0 Å². The number of carbonyl (C=O) groups is 1. The average molecular weight is 269 g/mol. The van der Waals surface area contributed by atoms with Gasteiger partial charge in [0, 0.05) is 19.6 Å². The number of unbranched alkanes of at least 4 members (excludes halogenated alkanes) is 7. The van der Waals surface area contributed by atoms with Crippen LogP contribution in [-0.4, -0.2) is 25.7 Å². The number of ether oxygens (including phenoxy) is 1. The maximum absolute atomic E-state index is 11.2. The van der Waals surface area contributed by atoms with Gasteiger partial charge in [0.1, 0.15) is 0 Å². The maximum Gasteiger partial charge on any atom is 0.222 e. The van der Waals surface area contributed by atoms with Crippen LogP contribution in [0.4, 0.5) is 0 Å². The monoisotopic (exact) mass is 269 g/mol. The predicted octanol–water partition coefficient (Wildman–Crippen LogP) is 3.84. The summed E-state index contributed by atoms with van der Waals surface area (Å²) in [5.74, 6) is 0.0378. The molecule has 0 saturated carbocycles. The van der Waals surface area contributed by atoms with E-state index in [0.29, 0.717) is 19.6 Å². The van der Waals surface area contributed by atoms with Gasteiger partial charge >= 0.3 is 0 Å². The van der Waals surface area contributed by atoms with Gasteiger partial charge in [0.15, 0.2) is 0 Å². The molecule has 1 N–H and O–H groups in total. The first-order valence-electron chi connectivity index (χ1n) is 7.76. The van der Waals surface area contributed by atoms with Crippen molar-refractivity contribution in [3.8, 4) is 0 Å². The molecule has 0 aromatic heterocycles. The molecule has 0 fully saturated rings. The molecule has 112 valence electrons. The minimum absolute atomic E-state index is 0.0378. The second kappa shape index (κ2) is 15.2. The van der Waals surface area contributed by atoms with Gasteiger partial charge in [-0.05, 0) is 6.42 Å². The number of nitrogens with one attached hydrogen (secondary N) is 1. The lowest BCUT2D eigenvalue weighted by atomic mass is 10.1. The van der Waals surface area contributed by atoms with Crippen LogP contribution in [0.25, 0.3) is 0 Å². The van der Waals surface area contributed by atoms with Crippen LogP contribution in [0.15, 0.2) is 12.7 Å². The Morgan fingerprint density at radius 2 is 1.68 bits per heavy atom. The van der Waals surface area contributed by atoms with Gasteiger partial charge in [-0.2, -0.15) is 0 Å². The van der Waals surface area contributed by atoms with Crippen molar-refractivity contribution in [2.75, 3.05) is 19.8 Å². The molecule has 0 aliphatic carbocycles. The zero-order valence-electron chi connectivity index (χ0n) is 12.6. The Morgan fingerprint density at radius 1 is 1.05 bits per heavy atom. The molecule has 3 heteroatoms. The number of amides is 1. The second-order valence-corrected chi connectivity index (χ2v) is 4.93. The van der Waals surface area contributed by atoms with Crippen LogP contribution < -0.4 is 5.32 Å². The van der Waals surface area contributed by atoms with Crippen molar-refractivity contribution in [2.24, 2.45) is 0 Å². The van der Waals surface area contributed by atoms with E-state index < -0.39 is 0 Å². The van der Waals surface area contributed by atoms with Gasteiger partial charge in [-0.1, -0.05) is 57.9 Å². The molecule has 0 unspecified atom stereocenters. The number of hydrogen-bond donors (Lipinski definition) is 1. The molecule has 0 aliphatic heterocycles. The molecule has 0 spiro atoms. The lowest BCUT2D eigenvalue weighted by Crippen LogP contribution is -2.24. The standard InChI is InChI=1S/C16H31NO2/c1-3-5-6-7-8-9-10-11-14-19-15-12-16(18)17-13-4-2/h4H,2-3,5-15H2,1H3,(H,17,18). The van der Waals surface area contributed by atoms with E-state index in [1.54, 1.807) is 6.08 Å². The lowest BCUT2D eigenvalue weighted by molar-refractivity contribution is -0.121. The van der Waals surface area contributed by atoms with Gasteiger partial charge in [0.25, 0.3) is 0 Å². The molecular formula is C16H31NO2. The van der Waals surface area contributed by atoms with E-state index in [1.807, 2.05) is 0 Å². The first-order chi connectivity index (χ1) is 9.31. The molecule has 3 nitrogen and oxygen atoms in total. The molecule has 0 aromatic rings. The van der Waals surface area contributed by atoms with E-state index in [9.17, 15) is 4.79 Å². The summed E-state index contributed by atoms with van der Waals surface area (Å²) >= 11 is 0. The summed E-state index contributed by atoms with van der Waals surface area (Å²) in [7, 11) is 0. The van der Waals surface area contributed by atoms with Crippen LogP contribution in [-0.2, 0) is 9.53 Å². The second-order valence-electron chi connectivity index (χ2n) is 4.93. The fraction of sp³-hybridized carbons (Fsp3) is 0.812. The van der Waals surface area contributed by atoms with Gasteiger partial charge in [0.05, 0.1) is 6.61 Å². The van der Waals surface area contributed by atoms with Crippen molar-refractivity contribution >= 4 is 5.91 Å². The normalized spacial score (nSPS) is 10.4. The minimum atomic E-state index is 0.0378. The molecule has 0 radical (unpaired) electrons. The predicted molar refractivity (Wildman–Crippen MR) is 81.3 cm³/mol. The van der Waals surface area contributed by atoms with Crippen molar-refractivity contribution in [2.45, 2.75) is 64.7 Å². The molecule has 1 amide bonds. The Bertz CT molecular complexity index is 217. The molecule has 19 heavy (non-hydrogen) atoms. The van der Waals surface area contributed by atoms with E-state index in [4.69, 9.17) is 4.74 Å². The van der Waals surface area contributed by atoms with Crippen LogP contribution in [0, 0.1) is 0 Å². The number of rotatable bonds is 14. The number of carbonyl (C=O) groups excluding carboxylic acids is 1. The molecule has 0 heterocycles. The third kappa shape index (κ3) is 15.1. The van der Waals surface area contributed by atoms with Crippen LogP contribution >= 0.6 is 0 Å². The summed E-state index contributed by atoms with van der Waals surface area (Å²) in [5, 5.41) is 2.73. The van der Waals surface area contributed by atoms with Gasteiger partial charge in [-0.25, -0.2) is 0 Å². The van der Waals surface area contributed by atoms with Crippen LogP contribution in [0.3, 0.4) is 0 Å². The summed E-state index contributed by atoms with van der Waals surface area (Å²) in [5.41, 5.74) is 0. The van der Waals surface area contributed by atoms with Crippen molar-refractivity contribution in [1.29, 1.82) is 0 Å². The first kappa shape index (κ1) is 18.2. The SMILES string of the molecule is C=CCNC(=O)CCOCCCCCCCCCC. The van der Waals surface area contributed by atoms with Gasteiger partial charge < -0.3 is 10.1 Å². The first-order valence-corrected chi connectivity index (χ1v) is 7.76. The van der Waals surface area contributed by atoms with Gasteiger partial charge in [0.2, 0.25) is 5.91 Å². The highest BCUT2D eigenvalue weighted by molar-refractivity contribution is 5.76. The molecular weight excluding hydrogens is 238 g/mol. The van der Waals surface area contributed by atoms with E-state index in [1.165, 1.54) is 44.9 Å². The molecule has 0 rings (SSSR count). The molecule has 0 bridgehead atoms. The molecule has 0 saturated heterocycles. The molecule has 0 aliphatic rings. The highest BCUT2D eigenvalue weighted by Crippen LogP contribution is 2.08. The zero-order chi connectivity index (χ0) is 14.2. The Kier molecular flexibility index (Phi) is 14.6. The van der Waals surface area contributed by atoms with E-state index >= 15 is 0 Å². The minimum Gasteiger partial charge on any atom is -0.381 e. The van der Waals surface area contributed by atoms with Crippen molar-refractivity contribution < 1.29 is 9.53 Å². The third-order valence-corrected chi connectivity index (χ3v) is 3.06. The highest BCUT2D eigenvalue weighted by Gasteiger charge is 1.98. The third-order valence-electron chi connectivity index (χ3n) is 3.06. The Balaban J connectivity index is 3.06. The molecule has 0 atom stereocenters. The van der Waals surface area contributed by atoms with Crippen LogP contribution in [0.2, 0.25) is 0 Å². The summed E-state index contributed by atoms with van der Waals surface area (Å²) in [4.78, 5) is 11.2. The van der Waals surface area contributed by atoms with Crippen molar-refractivity contribution in [1.82, 2.24) is 5.32 Å². The highest BCUT2D eigenvalue weighted by atomic mass is 16.5. The summed E-state index contributed by atoms with van der Waals surface area (Å²) in [6.45, 7) is 7.64. The van der Waals surface area contributed by atoms with Crippen LogP contribution in [0.5, 0.6) is 0 Å². The smallest absolute Gasteiger partial charge is 0.222 e. The average Bonchev–Trinajstić information content (AvgIpc) is 2.42. The van der Waals surface area contributed by atoms with Crippen molar-refractivity contribution in [3.05, 3.63) is 12.7 Å². The fourth-order valence-corrected chi connectivity index (χ4v) is 1.88. The summed E-state index contributed by atoms with van der Waals surface area (Å²) in [6, 6.07) is 0. The lowest BCUT2D eigenvalue weighted by Gasteiger charge is -2.05. The van der Waals surface area contributed by atoms with E-state index in [-0.39, 0.29) is 5.91 Å². The quantitative estimate of drug-likeness (QED) is 0.384. The topological polar surface area (TPSA) is 38.3 Å². The Hall–Kier alpha value is -0.830. The van der Waals surface area contributed by atoms with Gasteiger partial charge in [-0.15, -0.1) is 6.58 Å². The fourth-order valence-electron chi connectivity index (χ4n) is 1.88. The molecule has 0 aromatic carbocycles. The largest absolute Gasteiger partial charge is 0.381 e. The Morgan fingerprint density at radius 3 is 2.32 bits per heavy atom. The van der Waals surface area contributed by atoms with E-state index in [0.717, 1.165) is 13.0 Å². The Labute approximate surface area is 118 Å². The number of hydrogen-bond acceptors (Lipinski definition) is 2. The zero-order valence-corrected chi connectivity index (χ0v) is 12.6. The maximum atomic E-state index is 11.2. The van der Waals surface area contributed by atoms with Gasteiger partial charge in [-0.3, -0.25) is 4.79 Å².